The maximum Gasteiger partial charge on any atom is 0.306 e. The Hall–Kier alpha value is -3.93. The van der Waals surface area contributed by atoms with Gasteiger partial charge in [0.1, 0.15) is 13.2 Å². The SMILES string of the molecule is CC/C=C\C/C=C\C/C=C\C/C=C\C/C=C\C/C=C\C/C=C\CCCCCC(=O)OCC(COC(=O)CCCCCCC/C=C\CCCC)OC(=O)CCCCCCCCCCC/C=C\CCCCCCCCCC. The molecule has 75 heavy (non-hydrogen) atoms. The number of carbonyl (C=O) groups is 3. The molecule has 0 radical (unpaired) electrons. The summed E-state index contributed by atoms with van der Waals surface area (Å²) >= 11 is 0. The third-order valence-electron chi connectivity index (χ3n) is 13.2. The Labute approximate surface area is 463 Å². The molecule has 0 bridgehead atoms. The van der Waals surface area contributed by atoms with Crippen LogP contribution in [0.1, 0.15) is 290 Å². The summed E-state index contributed by atoms with van der Waals surface area (Å²) < 4.78 is 16.9. The Morgan fingerprint density at radius 1 is 0.280 bits per heavy atom. The highest BCUT2D eigenvalue weighted by Crippen LogP contribution is 2.15. The van der Waals surface area contributed by atoms with E-state index in [1.165, 1.54) is 128 Å². The molecule has 0 aliphatic heterocycles. The van der Waals surface area contributed by atoms with Gasteiger partial charge in [-0.05, 0) is 122 Å². The van der Waals surface area contributed by atoms with E-state index in [9.17, 15) is 14.4 Å². The molecule has 0 aromatic heterocycles. The lowest BCUT2D eigenvalue weighted by Crippen LogP contribution is -2.30. The molecule has 1 unspecified atom stereocenters. The van der Waals surface area contributed by atoms with Crippen molar-refractivity contribution >= 4 is 17.9 Å². The third kappa shape index (κ3) is 60.8. The first kappa shape index (κ1) is 71.1. The smallest absolute Gasteiger partial charge is 0.306 e. The van der Waals surface area contributed by atoms with Crippen LogP contribution in [0.4, 0.5) is 0 Å². The largest absolute Gasteiger partial charge is 0.462 e. The maximum absolute atomic E-state index is 12.9. The summed E-state index contributed by atoms with van der Waals surface area (Å²) in [5.41, 5.74) is 0. The first-order valence-electron chi connectivity index (χ1n) is 31.4. The van der Waals surface area contributed by atoms with Crippen LogP contribution in [0.2, 0.25) is 0 Å². The van der Waals surface area contributed by atoms with Crippen LogP contribution in [-0.4, -0.2) is 37.2 Å². The van der Waals surface area contributed by atoms with Crippen LogP contribution in [0.15, 0.2) is 109 Å². The van der Waals surface area contributed by atoms with Gasteiger partial charge in [-0.2, -0.15) is 0 Å². The lowest BCUT2D eigenvalue weighted by molar-refractivity contribution is -0.167. The molecule has 0 aliphatic carbocycles. The van der Waals surface area contributed by atoms with Crippen molar-refractivity contribution in [1.29, 1.82) is 0 Å². The number of unbranched alkanes of at least 4 members (excludes halogenated alkanes) is 27. The quantitative estimate of drug-likeness (QED) is 0.0261. The van der Waals surface area contributed by atoms with E-state index in [0.717, 1.165) is 122 Å². The van der Waals surface area contributed by atoms with Crippen molar-refractivity contribution in [1.82, 2.24) is 0 Å². The fourth-order valence-electron chi connectivity index (χ4n) is 8.52. The maximum atomic E-state index is 12.9. The Morgan fingerprint density at radius 2 is 0.533 bits per heavy atom. The van der Waals surface area contributed by atoms with Crippen molar-refractivity contribution in [3.63, 3.8) is 0 Å². The minimum Gasteiger partial charge on any atom is -0.462 e. The molecule has 6 nitrogen and oxygen atoms in total. The van der Waals surface area contributed by atoms with Crippen molar-refractivity contribution < 1.29 is 28.6 Å². The molecular weight excluding hydrogens is 925 g/mol. The summed E-state index contributed by atoms with van der Waals surface area (Å²) in [6, 6.07) is 0. The molecule has 0 aromatic carbocycles. The molecule has 0 aliphatic rings. The van der Waals surface area contributed by atoms with Crippen LogP contribution < -0.4 is 0 Å². The predicted octanol–water partition coefficient (Wildman–Crippen LogP) is 21.4. The fraction of sp³-hybridized carbons (Fsp3) is 0.696. The van der Waals surface area contributed by atoms with E-state index < -0.39 is 6.10 Å². The zero-order chi connectivity index (χ0) is 54.3. The van der Waals surface area contributed by atoms with Crippen LogP contribution in [-0.2, 0) is 28.6 Å². The van der Waals surface area contributed by atoms with Gasteiger partial charge in [0, 0.05) is 19.3 Å². The Kier molecular flexibility index (Phi) is 59.3. The zero-order valence-electron chi connectivity index (χ0n) is 49.0. The van der Waals surface area contributed by atoms with Crippen LogP contribution >= 0.6 is 0 Å². The number of rotatable bonds is 56. The summed E-state index contributed by atoms with van der Waals surface area (Å²) in [4.78, 5) is 38.2. The van der Waals surface area contributed by atoms with Gasteiger partial charge in [-0.3, -0.25) is 14.4 Å². The second kappa shape index (κ2) is 62.6. The molecule has 0 saturated heterocycles. The second-order valence-corrected chi connectivity index (χ2v) is 20.6. The highest BCUT2D eigenvalue weighted by molar-refractivity contribution is 5.71. The number of hydrogen-bond acceptors (Lipinski definition) is 6. The summed E-state index contributed by atoms with van der Waals surface area (Å²) in [7, 11) is 0. The summed E-state index contributed by atoms with van der Waals surface area (Å²) in [6.07, 6.45) is 85.2. The second-order valence-electron chi connectivity index (χ2n) is 20.6. The number of hydrogen-bond donors (Lipinski definition) is 0. The first-order chi connectivity index (χ1) is 37.0. The zero-order valence-corrected chi connectivity index (χ0v) is 49.0. The molecule has 0 amide bonds. The van der Waals surface area contributed by atoms with Crippen molar-refractivity contribution in [2.75, 3.05) is 13.2 Å². The van der Waals surface area contributed by atoms with Gasteiger partial charge in [0.25, 0.3) is 0 Å². The van der Waals surface area contributed by atoms with Crippen LogP contribution in [0.5, 0.6) is 0 Å². The molecular formula is C69H116O6. The van der Waals surface area contributed by atoms with Crippen molar-refractivity contribution in [3.05, 3.63) is 109 Å². The summed E-state index contributed by atoms with van der Waals surface area (Å²) in [5.74, 6) is -0.935. The summed E-state index contributed by atoms with van der Waals surface area (Å²) in [6.45, 7) is 6.46. The average molecular weight is 1040 g/mol. The molecule has 0 fully saturated rings. The van der Waals surface area contributed by atoms with E-state index in [2.05, 4.69) is 130 Å². The minimum atomic E-state index is -0.799. The van der Waals surface area contributed by atoms with Crippen molar-refractivity contribution in [2.24, 2.45) is 0 Å². The van der Waals surface area contributed by atoms with Gasteiger partial charge in [-0.1, -0.05) is 259 Å². The minimum absolute atomic E-state index is 0.0945. The molecule has 0 spiro atoms. The molecule has 0 heterocycles. The van der Waals surface area contributed by atoms with Gasteiger partial charge in [0.05, 0.1) is 0 Å². The normalized spacial score (nSPS) is 12.8. The van der Waals surface area contributed by atoms with Gasteiger partial charge in [-0.25, -0.2) is 0 Å². The van der Waals surface area contributed by atoms with E-state index in [4.69, 9.17) is 14.2 Å². The number of ether oxygens (including phenoxy) is 3. The van der Waals surface area contributed by atoms with Crippen LogP contribution in [0, 0.1) is 0 Å². The highest BCUT2D eigenvalue weighted by Gasteiger charge is 2.19. The van der Waals surface area contributed by atoms with Gasteiger partial charge in [-0.15, -0.1) is 0 Å². The van der Waals surface area contributed by atoms with E-state index in [0.29, 0.717) is 19.3 Å². The van der Waals surface area contributed by atoms with E-state index in [1.807, 2.05) is 0 Å². The lowest BCUT2D eigenvalue weighted by Gasteiger charge is -2.18. The lowest BCUT2D eigenvalue weighted by atomic mass is 10.1. The first-order valence-corrected chi connectivity index (χ1v) is 31.4. The molecule has 0 saturated carbocycles. The van der Waals surface area contributed by atoms with Crippen LogP contribution in [0.3, 0.4) is 0 Å². The van der Waals surface area contributed by atoms with Gasteiger partial charge in [0.15, 0.2) is 6.10 Å². The summed E-state index contributed by atoms with van der Waals surface area (Å²) in [5, 5.41) is 0. The van der Waals surface area contributed by atoms with E-state index in [-0.39, 0.29) is 31.1 Å². The molecule has 428 valence electrons. The molecule has 0 N–H and O–H groups in total. The standard InChI is InChI=1S/C69H116O6/c1-4-7-10-13-16-19-22-24-26-28-30-32-33-34-35-37-38-40-42-44-47-50-53-56-59-62-68(71)74-65-66(64-73-67(70)61-58-55-52-49-46-21-18-15-12-9-6-3)75-69(72)63-60-57-54-51-48-45-43-41-39-36-31-29-27-25-23-20-17-14-11-8-5-2/h7,10,15-16,18-19,24,26,29-32,34-35,38,40,44,47,66H,4-6,8-9,11-14,17,20-23,25,27-28,33,36-37,39,41-43,45-46,48-65H2,1-3H3/b10-7-,18-15-,19-16-,26-24-,31-29-,32-30-,35-34-,40-38-,47-44-. The fourth-order valence-corrected chi connectivity index (χ4v) is 8.52. The molecule has 0 aromatic rings. The predicted molar refractivity (Wildman–Crippen MR) is 325 cm³/mol. The van der Waals surface area contributed by atoms with E-state index >= 15 is 0 Å². The number of carbonyl (C=O) groups excluding carboxylic acids is 3. The van der Waals surface area contributed by atoms with E-state index in [1.54, 1.807) is 0 Å². The molecule has 6 heteroatoms. The molecule has 0 rings (SSSR count). The number of allylic oxidation sites excluding steroid dienone is 18. The Balaban J connectivity index is 4.38. The topological polar surface area (TPSA) is 78.9 Å². The van der Waals surface area contributed by atoms with Gasteiger partial charge in [0.2, 0.25) is 0 Å². The van der Waals surface area contributed by atoms with Gasteiger partial charge >= 0.3 is 17.9 Å². The van der Waals surface area contributed by atoms with Crippen molar-refractivity contribution in [3.8, 4) is 0 Å². The Bertz CT molecular complexity index is 1520. The monoisotopic (exact) mass is 1040 g/mol. The highest BCUT2D eigenvalue weighted by atomic mass is 16.6. The van der Waals surface area contributed by atoms with Crippen LogP contribution in [0.25, 0.3) is 0 Å². The van der Waals surface area contributed by atoms with Gasteiger partial charge < -0.3 is 14.2 Å². The Morgan fingerprint density at radius 3 is 0.880 bits per heavy atom. The molecule has 1 atom stereocenters. The van der Waals surface area contributed by atoms with Crippen molar-refractivity contribution in [2.45, 2.75) is 297 Å². The number of esters is 3. The average Bonchev–Trinajstić information content (AvgIpc) is 3.41. The third-order valence-corrected chi connectivity index (χ3v) is 13.2.